The van der Waals surface area contributed by atoms with Gasteiger partial charge < -0.3 is 19.5 Å². The van der Waals surface area contributed by atoms with Crippen LogP contribution in [0.3, 0.4) is 0 Å². The molecule has 0 saturated carbocycles. The van der Waals surface area contributed by atoms with E-state index in [1.54, 1.807) is 25.1 Å². The fraction of sp³-hybridized carbons (Fsp3) is 0.316. The molecule has 0 aliphatic carbocycles. The molecule has 0 fully saturated rings. The molecule has 1 atom stereocenters. The van der Waals surface area contributed by atoms with E-state index in [0.29, 0.717) is 22.8 Å². The smallest absolute Gasteiger partial charge is 0.241 e. The fourth-order valence-electron chi connectivity index (χ4n) is 2.63. The molecule has 0 spiro atoms. The lowest BCUT2D eigenvalue weighted by Gasteiger charge is -2.17. The molecular weight excluding hydrogens is 384 g/mol. The van der Waals surface area contributed by atoms with E-state index in [2.05, 4.69) is 10.0 Å². The zero-order chi connectivity index (χ0) is 20.9. The van der Waals surface area contributed by atoms with E-state index in [9.17, 15) is 13.2 Å². The van der Waals surface area contributed by atoms with Crippen molar-refractivity contribution in [2.24, 2.45) is 0 Å². The van der Waals surface area contributed by atoms with Crippen LogP contribution in [0.25, 0.3) is 0 Å². The summed E-state index contributed by atoms with van der Waals surface area (Å²) in [6.45, 7) is 3.05. The van der Waals surface area contributed by atoms with Gasteiger partial charge in [0.2, 0.25) is 15.9 Å². The standard InChI is InChI=1S/C19H24N2O6S/c1-12(14-6-8-18(26-4)19(10-14)27-5)21-28(23,24)15-7-9-17(25-3)16(11-15)20-13(2)22/h6-12,21H,1-5H3,(H,20,22). The van der Waals surface area contributed by atoms with Crippen LogP contribution in [0.1, 0.15) is 25.5 Å². The van der Waals surface area contributed by atoms with E-state index in [4.69, 9.17) is 14.2 Å². The second-order valence-corrected chi connectivity index (χ2v) is 7.71. The Bertz CT molecular complexity index is 959. The lowest BCUT2D eigenvalue weighted by Crippen LogP contribution is -2.27. The summed E-state index contributed by atoms with van der Waals surface area (Å²) in [7, 11) is 0.621. The average Bonchev–Trinajstić information content (AvgIpc) is 2.66. The molecule has 152 valence electrons. The molecule has 28 heavy (non-hydrogen) atoms. The lowest BCUT2D eigenvalue weighted by atomic mass is 10.1. The zero-order valence-electron chi connectivity index (χ0n) is 16.4. The molecule has 2 aromatic carbocycles. The minimum Gasteiger partial charge on any atom is -0.495 e. The van der Waals surface area contributed by atoms with Crippen LogP contribution in [0.4, 0.5) is 5.69 Å². The highest BCUT2D eigenvalue weighted by Crippen LogP contribution is 2.31. The second kappa shape index (κ2) is 8.94. The number of sulfonamides is 1. The summed E-state index contributed by atoms with van der Waals surface area (Å²) >= 11 is 0. The van der Waals surface area contributed by atoms with Gasteiger partial charge in [0.05, 0.1) is 31.9 Å². The molecule has 2 rings (SSSR count). The van der Waals surface area contributed by atoms with Crippen molar-refractivity contribution in [3.63, 3.8) is 0 Å². The third-order valence-electron chi connectivity index (χ3n) is 4.03. The number of benzene rings is 2. The first-order valence-corrected chi connectivity index (χ1v) is 9.90. The number of ether oxygens (including phenoxy) is 3. The SMILES string of the molecule is COc1ccc(S(=O)(=O)NC(C)c2ccc(OC)c(OC)c2)cc1NC(C)=O. The monoisotopic (exact) mass is 408 g/mol. The normalized spacial score (nSPS) is 12.2. The Labute approximate surface area is 164 Å². The number of carbonyl (C=O) groups excluding carboxylic acids is 1. The van der Waals surface area contributed by atoms with Crippen LogP contribution in [0, 0.1) is 0 Å². The van der Waals surface area contributed by atoms with Gasteiger partial charge in [0, 0.05) is 13.0 Å². The number of carbonyl (C=O) groups is 1. The van der Waals surface area contributed by atoms with E-state index in [-0.39, 0.29) is 16.5 Å². The number of anilines is 1. The Kier molecular flexibility index (Phi) is 6.87. The first-order chi connectivity index (χ1) is 13.2. The first-order valence-electron chi connectivity index (χ1n) is 8.41. The fourth-order valence-corrected chi connectivity index (χ4v) is 3.89. The third kappa shape index (κ3) is 4.93. The van der Waals surface area contributed by atoms with Crippen LogP contribution >= 0.6 is 0 Å². The molecule has 9 heteroatoms. The largest absolute Gasteiger partial charge is 0.495 e. The molecule has 1 unspecified atom stereocenters. The predicted molar refractivity (Wildman–Crippen MR) is 106 cm³/mol. The molecule has 1 amide bonds. The number of nitrogens with one attached hydrogen (secondary N) is 2. The minimum atomic E-state index is -3.86. The van der Waals surface area contributed by atoms with Gasteiger partial charge in [-0.1, -0.05) is 6.07 Å². The van der Waals surface area contributed by atoms with Gasteiger partial charge in [-0.15, -0.1) is 0 Å². The van der Waals surface area contributed by atoms with Crippen LogP contribution in [-0.2, 0) is 14.8 Å². The van der Waals surface area contributed by atoms with Gasteiger partial charge in [0.25, 0.3) is 0 Å². The van der Waals surface area contributed by atoms with Gasteiger partial charge in [-0.25, -0.2) is 13.1 Å². The molecule has 0 bridgehead atoms. The Morgan fingerprint density at radius 1 is 0.929 bits per heavy atom. The molecule has 0 saturated heterocycles. The van der Waals surface area contributed by atoms with Gasteiger partial charge >= 0.3 is 0 Å². The molecule has 2 N–H and O–H groups in total. The summed E-state index contributed by atoms with van der Waals surface area (Å²) in [4.78, 5) is 11.4. The van der Waals surface area contributed by atoms with Gasteiger partial charge in [0.1, 0.15) is 5.75 Å². The molecular formula is C19H24N2O6S. The number of amides is 1. The van der Waals surface area contributed by atoms with Crippen molar-refractivity contribution < 1.29 is 27.4 Å². The van der Waals surface area contributed by atoms with E-state index in [0.717, 1.165) is 0 Å². The van der Waals surface area contributed by atoms with E-state index in [1.165, 1.54) is 46.5 Å². The van der Waals surface area contributed by atoms with Crippen LogP contribution < -0.4 is 24.2 Å². The highest BCUT2D eigenvalue weighted by Gasteiger charge is 2.21. The summed E-state index contributed by atoms with van der Waals surface area (Å²) in [6, 6.07) is 8.89. The summed E-state index contributed by atoms with van der Waals surface area (Å²) in [5.74, 6) is 1.08. The quantitative estimate of drug-likeness (QED) is 0.696. The Morgan fingerprint density at radius 2 is 1.54 bits per heavy atom. The molecule has 0 radical (unpaired) electrons. The molecule has 0 heterocycles. The number of hydrogen-bond donors (Lipinski definition) is 2. The van der Waals surface area contributed by atoms with E-state index < -0.39 is 16.1 Å². The van der Waals surface area contributed by atoms with E-state index in [1.807, 2.05) is 0 Å². The molecule has 2 aromatic rings. The van der Waals surface area contributed by atoms with Crippen LogP contribution in [-0.4, -0.2) is 35.7 Å². The molecule has 0 aliphatic rings. The maximum absolute atomic E-state index is 12.8. The topological polar surface area (TPSA) is 103 Å². The van der Waals surface area contributed by atoms with Crippen molar-refractivity contribution in [3.05, 3.63) is 42.0 Å². The van der Waals surface area contributed by atoms with Gasteiger partial charge in [-0.05, 0) is 42.8 Å². The summed E-state index contributed by atoms with van der Waals surface area (Å²) in [5.41, 5.74) is 0.980. The van der Waals surface area contributed by atoms with Crippen LogP contribution in [0.2, 0.25) is 0 Å². The number of rotatable bonds is 8. The summed E-state index contributed by atoms with van der Waals surface area (Å²) in [6.07, 6.45) is 0. The molecule has 0 aromatic heterocycles. The highest BCUT2D eigenvalue weighted by atomic mass is 32.2. The first kappa shape index (κ1) is 21.5. The predicted octanol–water partition coefficient (Wildman–Crippen LogP) is 2.71. The summed E-state index contributed by atoms with van der Waals surface area (Å²) in [5, 5.41) is 2.56. The Morgan fingerprint density at radius 3 is 2.11 bits per heavy atom. The van der Waals surface area contributed by atoms with Crippen molar-refractivity contribution >= 4 is 21.6 Å². The van der Waals surface area contributed by atoms with Crippen LogP contribution in [0.15, 0.2) is 41.3 Å². The van der Waals surface area contributed by atoms with Gasteiger partial charge in [-0.2, -0.15) is 0 Å². The maximum Gasteiger partial charge on any atom is 0.241 e. The van der Waals surface area contributed by atoms with Crippen LogP contribution in [0.5, 0.6) is 17.2 Å². The number of hydrogen-bond acceptors (Lipinski definition) is 6. The van der Waals surface area contributed by atoms with Crippen molar-refractivity contribution in [1.82, 2.24) is 4.72 Å². The van der Waals surface area contributed by atoms with Gasteiger partial charge in [-0.3, -0.25) is 4.79 Å². The summed E-state index contributed by atoms with van der Waals surface area (Å²) < 4.78 is 43.9. The Hall–Kier alpha value is -2.78. The zero-order valence-corrected chi connectivity index (χ0v) is 17.2. The average molecular weight is 408 g/mol. The number of methoxy groups -OCH3 is 3. The maximum atomic E-state index is 12.8. The van der Waals surface area contributed by atoms with Crippen molar-refractivity contribution in [2.45, 2.75) is 24.8 Å². The minimum absolute atomic E-state index is 0.00405. The van der Waals surface area contributed by atoms with Crippen molar-refractivity contribution in [3.8, 4) is 17.2 Å². The van der Waals surface area contributed by atoms with Crippen molar-refractivity contribution in [2.75, 3.05) is 26.6 Å². The Balaban J connectivity index is 2.31. The van der Waals surface area contributed by atoms with E-state index >= 15 is 0 Å². The second-order valence-electron chi connectivity index (χ2n) is 6.00. The third-order valence-corrected chi connectivity index (χ3v) is 5.57. The molecule has 8 nitrogen and oxygen atoms in total. The lowest BCUT2D eigenvalue weighted by molar-refractivity contribution is -0.114. The molecule has 0 aliphatic heterocycles. The highest BCUT2D eigenvalue weighted by molar-refractivity contribution is 7.89. The van der Waals surface area contributed by atoms with Gasteiger partial charge in [0.15, 0.2) is 11.5 Å². The van der Waals surface area contributed by atoms with Crippen molar-refractivity contribution in [1.29, 1.82) is 0 Å².